The fourth-order valence-corrected chi connectivity index (χ4v) is 7.49. The summed E-state index contributed by atoms with van der Waals surface area (Å²) in [6.07, 6.45) is 5.54. The molecule has 3 aliphatic heterocycles. The fourth-order valence-electron chi connectivity index (χ4n) is 6.90. The van der Waals surface area contributed by atoms with Gasteiger partial charge in [-0.1, -0.05) is 25.0 Å². The molecule has 11 nitrogen and oxygen atoms in total. The van der Waals surface area contributed by atoms with Crippen LogP contribution in [0.3, 0.4) is 0 Å². The van der Waals surface area contributed by atoms with E-state index in [0.717, 1.165) is 24.0 Å². The Balaban J connectivity index is 1.28. The number of ether oxygens (including phenoxy) is 2. The molecule has 224 valence electrons. The average Bonchev–Trinajstić information content (AvgIpc) is 3.80. The molecule has 4 amide bonds. The number of nitrogens with zero attached hydrogens (tertiary/aromatic N) is 4. The van der Waals surface area contributed by atoms with Gasteiger partial charge in [0, 0.05) is 50.5 Å². The van der Waals surface area contributed by atoms with E-state index >= 15 is 0 Å². The van der Waals surface area contributed by atoms with Gasteiger partial charge in [0.05, 0.1) is 30.8 Å². The predicted molar refractivity (Wildman–Crippen MR) is 154 cm³/mol. The van der Waals surface area contributed by atoms with Gasteiger partial charge in [-0.2, -0.15) is 0 Å². The van der Waals surface area contributed by atoms with Gasteiger partial charge in [-0.05, 0) is 30.9 Å². The molecule has 1 N–H and O–H groups in total. The van der Waals surface area contributed by atoms with Crippen molar-refractivity contribution in [2.75, 3.05) is 46.4 Å². The molecule has 6 rings (SSSR count). The summed E-state index contributed by atoms with van der Waals surface area (Å²) in [5, 5.41) is 2.75. The number of aromatic nitrogens is 1. The van der Waals surface area contributed by atoms with E-state index in [1.807, 2.05) is 17.0 Å². The van der Waals surface area contributed by atoms with Gasteiger partial charge in [-0.25, -0.2) is 4.79 Å². The van der Waals surface area contributed by atoms with Crippen molar-refractivity contribution in [3.05, 3.63) is 45.9 Å². The molecule has 2 aromatic rings. The lowest BCUT2D eigenvalue weighted by atomic mass is 9.77. The van der Waals surface area contributed by atoms with Crippen molar-refractivity contribution in [3.63, 3.8) is 0 Å². The van der Waals surface area contributed by atoms with Gasteiger partial charge in [0.1, 0.15) is 23.3 Å². The van der Waals surface area contributed by atoms with Crippen LogP contribution in [0.15, 0.2) is 29.9 Å². The van der Waals surface area contributed by atoms with Gasteiger partial charge in [-0.15, -0.1) is 11.3 Å². The first-order valence-corrected chi connectivity index (χ1v) is 15.7. The van der Waals surface area contributed by atoms with Gasteiger partial charge >= 0.3 is 6.09 Å². The Labute approximate surface area is 249 Å². The number of carbonyl (C=O) groups excluding carboxylic acids is 4. The average molecular weight is 596 g/mol. The summed E-state index contributed by atoms with van der Waals surface area (Å²) < 4.78 is 11.8. The van der Waals surface area contributed by atoms with Crippen LogP contribution in [0.4, 0.5) is 4.79 Å². The van der Waals surface area contributed by atoms with Crippen molar-refractivity contribution in [2.24, 2.45) is 11.8 Å². The van der Waals surface area contributed by atoms with E-state index in [9.17, 15) is 19.2 Å². The summed E-state index contributed by atoms with van der Waals surface area (Å²) in [6.45, 7) is 2.61. The van der Waals surface area contributed by atoms with Gasteiger partial charge in [0.2, 0.25) is 11.8 Å². The minimum Gasteiger partial charge on any atom is -0.488 e. The standard InChI is InChI=1S/C30H37N5O6S/c1-31-27(36)21-6-2-3-7-22(21)28(37)35-12-9-19-5-4-8-24(26(19)23(35)17-34-13-14-40-30(34)39)41-20-10-11-33(16-20)29(38)25-15-32-18-42-25/h4-5,8,15,18,20-23H,2-3,6-7,9-14,16-17H2,1H3,(H,31,36)/t20-,21-,22+,23+/m0/s1. The Kier molecular flexibility index (Phi) is 8.32. The lowest BCUT2D eigenvalue weighted by Crippen LogP contribution is -2.50. The molecule has 0 unspecified atom stereocenters. The first kappa shape index (κ1) is 28.4. The third kappa shape index (κ3) is 5.56. The number of hydrogen-bond donors (Lipinski definition) is 1. The molecule has 4 aliphatic rings. The second-order valence-corrected chi connectivity index (χ2v) is 12.3. The van der Waals surface area contributed by atoms with E-state index in [1.165, 1.54) is 11.3 Å². The Hall–Kier alpha value is -3.67. The highest BCUT2D eigenvalue weighted by Crippen LogP contribution is 2.41. The van der Waals surface area contributed by atoms with E-state index in [-0.39, 0.29) is 42.4 Å². The summed E-state index contributed by atoms with van der Waals surface area (Å²) in [7, 11) is 1.62. The number of cyclic esters (lactones) is 1. The summed E-state index contributed by atoms with van der Waals surface area (Å²) in [4.78, 5) is 62.4. The first-order valence-electron chi connectivity index (χ1n) is 14.8. The molecule has 3 fully saturated rings. The third-order valence-electron chi connectivity index (χ3n) is 9.04. The zero-order valence-corrected chi connectivity index (χ0v) is 24.6. The summed E-state index contributed by atoms with van der Waals surface area (Å²) >= 11 is 1.33. The van der Waals surface area contributed by atoms with Gasteiger partial charge in [0.25, 0.3) is 5.91 Å². The van der Waals surface area contributed by atoms with Gasteiger partial charge < -0.3 is 29.5 Å². The Bertz CT molecular complexity index is 1340. The maximum atomic E-state index is 14.3. The van der Waals surface area contributed by atoms with Crippen LogP contribution in [0.1, 0.15) is 58.9 Å². The van der Waals surface area contributed by atoms with E-state index in [2.05, 4.69) is 16.4 Å². The largest absolute Gasteiger partial charge is 0.488 e. The molecule has 1 aromatic heterocycles. The van der Waals surface area contributed by atoms with Crippen molar-refractivity contribution >= 4 is 35.2 Å². The van der Waals surface area contributed by atoms with Crippen LogP contribution >= 0.6 is 11.3 Å². The highest BCUT2D eigenvalue weighted by molar-refractivity contribution is 7.11. The van der Waals surface area contributed by atoms with Crippen molar-refractivity contribution in [1.82, 2.24) is 25.0 Å². The Morgan fingerprint density at radius 2 is 1.95 bits per heavy atom. The van der Waals surface area contributed by atoms with Crippen LogP contribution in [0.5, 0.6) is 5.75 Å². The monoisotopic (exact) mass is 595 g/mol. The summed E-state index contributed by atoms with van der Waals surface area (Å²) in [5.41, 5.74) is 3.63. The quantitative estimate of drug-likeness (QED) is 0.523. The molecule has 2 saturated heterocycles. The fraction of sp³-hybridized carbons (Fsp3) is 0.567. The minimum absolute atomic E-state index is 0.0384. The normalized spacial score (nSPS) is 25.6. The molecule has 1 aliphatic carbocycles. The van der Waals surface area contributed by atoms with Gasteiger partial charge in [0.15, 0.2) is 0 Å². The van der Waals surface area contributed by atoms with Crippen molar-refractivity contribution in [1.29, 1.82) is 0 Å². The second kappa shape index (κ2) is 12.3. The van der Waals surface area contributed by atoms with Crippen LogP contribution in [0, 0.1) is 11.8 Å². The number of rotatable bonds is 7. The number of amides is 4. The number of carbonyl (C=O) groups is 4. The van der Waals surface area contributed by atoms with E-state index < -0.39 is 12.0 Å². The second-order valence-electron chi connectivity index (χ2n) is 11.4. The molecule has 0 radical (unpaired) electrons. The van der Waals surface area contributed by atoms with Crippen molar-refractivity contribution in [2.45, 2.75) is 50.7 Å². The molecule has 0 spiro atoms. The highest BCUT2D eigenvalue weighted by atomic mass is 32.1. The molecule has 0 bridgehead atoms. The maximum absolute atomic E-state index is 14.3. The lowest BCUT2D eigenvalue weighted by molar-refractivity contribution is -0.146. The zero-order valence-electron chi connectivity index (χ0n) is 23.8. The minimum atomic E-state index is -0.438. The number of nitrogens with one attached hydrogen (secondary N) is 1. The molecular formula is C30H37N5O6S. The van der Waals surface area contributed by atoms with Crippen LogP contribution in [-0.4, -0.2) is 96.0 Å². The van der Waals surface area contributed by atoms with E-state index in [0.29, 0.717) is 69.1 Å². The smallest absolute Gasteiger partial charge is 0.410 e. The molecule has 12 heteroatoms. The number of likely N-dealkylation sites (tertiary alicyclic amines) is 1. The van der Waals surface area contributed by atoms with Crippen molar-refractivity contribution in [3.8, 4) is 5.75 Å². The number of benzene rings is 1. The van der Waals surface area contributed by atoms with Crippen LogP contribution < -0.4 is 10.1 Å². The Morgan fingerprint density at radius 3 is 2.69 bits per heavy atom. The molecule has 42 heavy (non-hydrogen) atoms. The predicted octanol–water partition coefficient (Wildman–Crippen LogP) is 2.87. The number of hydrogen-bond acceptors (Lipinski definition) is 8. The molecule has 1 saturated carbocycles. The third-order valence-corrected chi connectivity index (χ3v) is 9.81. The molecule has 4 atom stereocenters. The van der Waals surface area contributed by atoms with Crippen LogP contribution in [-0.2, 0) is 20.7 Å². The van der Waals surface area contributed by atoms with E-state index in [4.69, 9.17) is 9.47 Å². The first-order chi connectivity index (χ1) is 20.4. The van der Waals surface area contributed by atoms with E-state index in [1.54, 1.807) is 28.6 Å². The number of fused-ring (bicyclic) bond motifs is 1. The van der Waals surface area contributed by atoms with Gasteiger partial charge in [-0.3, -0.25) is 19.4 Å². The molecule has 4 heterocycles. The SMILES string of the molecule is CNC(=O)[C@H]1CCCC[C@H]1C(=O)N1CCc2cccc(O[C@H]3CCN(C(=O)c4cncs4)C3)c2[C@H]1CN1CCOC1=O. The highest BCUT2D eigenvalue weighted by Gasteiger charge is 2.43. The maximum Gasteiger partial charge on any atom is 0.410 e. The van der Waals surface area contributed by atoms with Crippen LogP contribution in [0.2, 0.25) is 0 Å². The topological polar surface area (TPSA) is 121 Å². The zero-order chi connectivity index (χ0) is 29.2. The molecule has 1 aromatic carbocycles. The van der Waals surface area contributed by atoms with Crippen molar-refractivity contribution < 1.29 is 28.7 Å². The Morgan fingerprint density at radius 1 is 1.12 bits per heavy atom. The lowest BCUT2D eigenvalue weighted by Gasteiger charge is -2.42. The summed E-state index contributed by atoms with van der Waals surface area (Å²) in [6, 6.07) is 5.50. The number of thiazole rings is 1. The van der Waals surface area contributed by atoms with Crippen LogP contribution in [0.25, 0.3) is 0 Å². The summed E-state index contributed by atoms with van der Waals surface area (Å²) in [5.74, 6) is -0.258. The molecular weight excluding hydrogens is 558 g/mol.